The highest BCUT2D eigenvalue weighted by Crippen LogP contribution is 2.29. The normalized spacial score (nSPS) is 15.0. The van der Waals surface area contributed by atoms with E-state index in [1.807, 2.05) is 23.8 Å². The van der Waals surface area contributed by atoms with Gasteiger partial charge in [-0.15, -0.1) is 0 Å². The summed E-state index contributed by atoms with van der Waals surface area (Å²) in [6, 6.07) is 6.57. The van der Waals surface area contributed by atoms with Gasteiger partial charge in [0.1, 0.15) is 0 Å². The predicted molar refractivity (Wildman–Crippen MR) is 88.2 cm³/mol. The number of carbonyl (C=O) groups excluding carboxylic acids is 1. The Morgan fingerprint density at radius 1 is 1.43 bits per heavy atom. The lowest BCUT2D eigenvalue weighted by Crippen LogP contribution is -2.36. The number of hydrogen-bond acceptors (Lipinski definition) is 3. The second-order valence-electron chi connectivity index (χ2n) is 5.65. The van der Waals surface area contributed by atoms with Gasteiger partial charge >= 0.3 is 6.03 Å². The van der Waals surface area contributed by atoms with Crippen LogP contribution in [-0.4, -0.2) is 12.1 Å². The minimum absolute atomic E-state index is 0.0874. The average molecular weight is 334 g/mol. The summed E-state index contributed by atoms with van der Waals surface area (Å²) in [4.78, 5) is 11.9. The van der Waals surface area contributed by atoms with E-state index in [2.05, 4.69) is 10.6 Å². The van der Waals surface area contributed by atoms with E-state index in [0.29, 0.717) is 5.56 Å². The van der Waals surface area contributed by atoms with E-state index in [0.717, 1.165) is 18.4 Å². The van der Waals surface area contributed by atoms with Crippen LogP contribution in [0.15, 0.2) is 35.0 Å². The summed E-state index contributed by atoms with van der Waals surface area (Å²) < 4.78 is 19.8. The van der Waals surface area contributed by atoms with Gasteiger partial charge in [0.15, 0.2) is 11.6 Å². The fraction of sp³-hybridized carbons (Fsp3) is 0.353. The van der Waals surface area contributed by atoms with Crippen LogP contribution in [0.25, 0.3) is 0 Å². The molecule has 0 aliphatic heterocycles. The van der Waals surface area contributed by atoms with Crippen LogP contribution in [0.4, 0.5) is 9.18 Å². The van der Waals surface area contributed by atoms with Crippen molar-refractivity contribution in [2.75, 3.05) is 0 Å². The van der Waals surface area contributed by atoms with Crippen LogP contribution >= 0.6 is 11.3 Å². The minimum atomic E-state index is -0.398. The highest BCUT2D eigenvalue weighted by molar-refractivity contribution is 7.07. The second-order valence-corrected chi connectivity index (χ2v) is 6.43. The molecule has 1 aliphatic rings. The molecule has 1 heterocycles. The molecule has 4 nitrogen and oxygen atoms in total. The third-order valence-electron chi connectivity index (χ3n) is 3.69. The molecule has 1 unspecified atom stereocenters. The summed E-state index contributed by atoms with van der Waals surface area (Å²) in [6.07, 6.45) is 2.10. The molecule has 0 spiro atoms. The van der Waals surface area contributed by atoms with Crippen molar-refractivity contribution in [1.82, 2.24) is 10.6 Å². The molecule has 1 saturated carbocycles. The molecule has 0 saturated heterocycles. The number of ether oxygens (including phenoxy) is 1. The van der Waals surface area contributed by atoms with E-state index in [1.54, 1.807) is 29.5 Å². The molecule has 3 rings (SSSR count). The van der Waals surface area contributed by atoms with Gasteiger partial charge in [-0.3, -0.25) is 0 Å². The molecule has 122 valence electrons. The Morgan fingerprint density at radius 3 is 2.96 bits per heavy atom. The fourth-order valence-corrected chi connectivity index (χ4v) is 2.93. The zero-order chi connectivity index (χ0) is 16.2. The van der Waals surface area contributed by atoms with E-state index in [9.17, 15) is 9.18 Å². The first-order chi connectivity index (χ1) is 11.1. The van der Waals surface area contributed by atoms with Gasteiger partial charge in [0.25, 0.3) is 0 Å². The third kappa shape index (κ3) is 4.22. The Hall–Kier alpha value is -2.08. The van der Waals surface area contributed by atoms with Crippen molar-refractivity contribution in [2.45, 2.75) is 38.5 Å². The quantitative estimate of drug-likeness (QED) is 0.839. The van der Waals surface area contributed by atoms with Crippen LogP contribution in [0, 0.1) is 5.82 Å². The molecule has 6 heteroatoms. The molecule has 1 aliphatic carbocycles. The number of thiophene rings is 1. The van der Waals surface area contributed by atoms with Crippen molar-refractivity contribution >= 4 is 17.4 Å². The van der Waals surface area contributed by atoms with Gasteiger partial charge < -0.3 is 15.4 Å². The van der Waals surface area contributed by atoms with Crippen LogP contribution in [0.2, 0.25) is 0 Å². The summed E-state index contributed by atoms with van der Waals surface area (Å²) in [5.74, 6) is -0.135. The van der Waals surface area contributed by atoms with Crippen molar-refractivity contribution in [3.05, 3.63) is 52.0 Å². The van der Waals surface area contributed by atoms with Crippen LogP contribution in [0.3, 0.4) is 0 Å². The zero-order valence-electron chi connectivity index (χ0n) is 12.8. The van der Waals surface area contributed by atoms with Gasteiger partial charge in [0, 0.05) is 12.1 Å². The number of hydrogen-bond donors (Lipinski definition) is 2. The molecular formula is C17H19FN2O2S. The van der Waals surface area contributed by atoms with Crippen LogP contribution < -0.4 is 15.4 Å². The predicted octanol–water partition coefficient (Wildman–Crippen LogP) is 3.99. The van der Waals surface area contributed by atoms with Crippen molar-refractivity contribution in [3.8, 4) is 5.75 Å². The molecule has 1 fully saturated rings. The molecule has 0 radical (unpaired) electrons. The molecule has 1 aromatic heterocycles. The van der Waals surface area contributed by atoms with Crippen LogP contribution in [0.1, 0.15) is 36.9 Å². The van der Waals surface area contributed by atoms with Gasteiger partial charge in [-0.1, -0.05) is 12.1 Å². The van der Waals surface area contributed by atoms with Crippen LogP contribution in [0.5, 0.6) is 5.75 Å². The first kappa shape index (κ1) is 15.8. The molecule has 1 atom stereocenters. The Bertz CT molecular complexity index is 671. The van der Waals surface area contributed by atoms with Crippen molar-refractivity contribution in [2.24, 2.45) is 0 Å². The minimum Gasteiger partial charge on any atom is -0.487 e. The monoisotopic (exact) mass is 334 g/mol. The van der Waals surface area contributed by atoms with Gasteiger partial charge in [0.05, 0.1) is 12.1 Å². The van der Waals surface area contributed by atoms with Gasteiger partial charge in [0.2, 0.25) is 0 Å². The number of carbonyl (C=O) groups is 1. The molecule has 2 N–H and O–H groups in total. The summed E-state index contributed by atoms with van der Waals surface area (Å²) in [5.41, 5.74) is 1.47. The van der Waals surface area contributed by atoms with Gasteiger partial charge in [-0.05, 0) is 48.2 Å². The average Bonchev–Trinajstić information content (AvgIpc) is 3.17. The standard InChI is InChI=1S/C17H19FN2O2S/c1-11(13-7-8-23-10-13)20-17(21)19-9-12-3-2-4-15(16(12)18)22-14-5-6-14/h2-4,7-8,10-11,14H,5-6,9H2,1H3,(H2,19,20,21). The largest absolute Gasteiger partial charge is 0.487 e. The summed E-state index contributed by atoms with van der Waals surface area (Å²) >= 11 is 1.58. The molecular weight excluding hydrogens is 315 g/mol. The molecule has 1 aromatic carbocycles. The maximum Gasteiger partial charge on any atom is 0.315 e. The van der Waals surface area contributed by atoms with E-state index < -0.39 is 5.82 Å². The highest BCUT2D eigenvalue weighted by Gasteiger charge is 2.25. The van der Waals surface area contributed by atoms with Crippen LogP contribution in [-0.2, 0) is 6.54 Å². The van der Waals surface area contributed by atoms with E-state index in [4.69, 9.17) is 4.74 Å². The van der Waals surface area contributed by atoms with Crippen molar-refractivity contribution < 1.29 is 13.9 Å². The number of urea groups is 1. The first-order valence-corrected chi connectivity index (χ1v) is 8.58. The molecule has 0 bridgehead atoms. The maximum atomic E-state index is 14.3. The topological polar surface area (TPSA) is 50.4 Å². The number of halogens is 1. The lowest BCUT2D eigenvalue weighted by atomic mass is 10.2. The smallest absolute Gasteiger partial charge is 0.315 e. The first-order valence-electron chi connectivity index (χ1n) is 7.64. The number of amides is 2. The maximum absolute atomic E-state index is 14.3. The van der Waals surface area contributed by atoms with Crippen molar-refractivity contribution in [1.29, 1.82) is 0 Å². The van der Waals surface area contributed by atoms with Gasteiger partial charge in [-0.25, -0.2) is 9.18 Å². The molecule has 23 heavy (non-hydrogen) atoms. The Kier molecular flexibility index (Phi) is 4.81. The Balaban J connectivity index is 1.54. The number of rotatable bonds is 6. The van der Waals surface area contributed by atoms with Gasteiger partial charge in [-0.2, -0.15) is 11.3 Å². The Morgan fingerprint density at radius 2 is 2.26 bits per heavy atom. The zero-order valence-corrected chi connectivity index (χ0v) is 13.7. The van der Waals surface area contributed by atoms with E-state index >= 15 is 0 Å². The lowest BCUT2D eigenvalue weighted by molar-refractivity contribution is 0.237. The fourth-order valence-electron chi connectivity index (χ4n) is 2.18. The summed E-state index contributed by atoms with van der Waals surface area (Å²) in [7, 11) is 0. The van der Waals surface area contributed by atoms with E-state index in [1.165, 1.54) is 0 Å². The van der Waals surface area contributed by atoms with E-state index in [-0.39, 0.29) is 30.5 Å². The third-order valence-corrected chi connectivity index (χ3v) is 4.39. The number of benzene rings is 1. The summed E-state index contributed by atoms with van der Waals surface area (Å²) in [6.45, 7) is 2.03. The number of nitrogens with one attached hydrogen (secondary N) is 2. The molecule has 2 aromatic rings. The second kappa shape index (κ2) is 7.00. The summed E-state index contributed by atoms with van der Waals surface area (Å²) in [5, 5.41) is 9.47. The molecule has 2 amide bonds. The lowest BCUT2D eigenvalue weighted by Gasteiger charge is -2.14. The highest BCUT2D eigenvalue weighted by atomic mass is 32.1. The van der Waals surface area contributed by atoms with Crippen molar-refractivity contribution in [3.63, 3.8) is 0 Å². The SMILES string of the molecule is CC(NC(=O)NCc1cccc(OC2CC2)c1F)c1ccsc1. The Labute approximate surface area is 138 Å².